The number of hydrogen-bond donors (Lipinski definition) is 0. The van der Waals surface area contributed by atoms with E-state index in [9.17, 15) is 8.78 Å². The van der Waals surface area contributed by atoms with E-state index in [4.69, 9.17) is 9.47 Å². The minimum absolute atomic E-state index is 0.411. The zero-order valence-corrected chi connectivity index (χ0v) is 17.7. The minimum atomic E-state index is -0.867. The molecule has 4 aromatic rings. The summed E-state index contributed by atoms with van der Waals surface area (Å²) in [5.41, 5.74) is 2.37. The molecule has 4 rings (SSSR count). The van der Waals surface area contributed by atoms with Gasteiger partial charge in [-0.15, -0.1) is 10.2 Å². The Morgan fingerprint density at radius 1 is 0.806 bits per heavy atom. The summed E-state index contributed by atoms with van der Waals surface area (Å²) in [5, 5.41) is 9.37. The third kappa shape index (κ3) is 4.54. The number of hydrogen-bond acceptors (Lipinski definition) is 5. The molecular formula is C23H19F2N3O2S. The van der Waals surface area contributed by atoms with Gasteiger partial charge in [0.1, 0.15) is 11.5 Å². The molecule has 0 radical (unpaired) electrons. The normalized spacial score (nSPS) is 10.8. The van der Waals surface area contributed by atoms with Crippen LogP contribution in [-0.4, -0.2) is 29.0 Å². The van der Waals surface area contributed by atoms with Crippen LogP contribution in [0.15, 0.2) is 71.9 Å². The van der Waals surface area contributed by atoms with E-state index in [0.717, 1.165) is 28.8 Å². The summed E-state index contributed by atoms with van der Waals surface area (Å²) in [4.78, 5) is 0. The molecule has 0 fully saturated rings. The maximum atomic E-state index is 13.6. The van der Waals surface area contributed by atoms with Crippen LogP contribution in [0.25, 0.3) is 17.1 Å². The summed E-state index contributed by atoms with van der Waals surface area (Å²) in [6.07, 6.45) is 0. The molecule has 0 saturated heterocycles. The fourth-order valence-corrected chi connectivity index (χ4v) is 3.93. The second-order valence-corrected chi connectivity index (χ2v) is 7.55. The average Bonchev–Trinajstić information content (AvgIpc) is 3.24. The molecule has 0 spiro atoms. The van der Waals surface area contributed by atoms with Gasteiger partial charge >= 0.3 is 0 Å². The number of methoxy groups -OCH3 is 2. The highest BCUT2D eigenvalue weighted by molar-refractivity contribution is 7.98. The van der Waals surface area contributed by atoms with Gasteiger partial charge in [0, 0.05) is 17.0 Å². The number of rotatable bonds is 7. The first kappa shape index (κ1) is 20.9. The Kier molecular flexibility index (Phi) is 6.18. The Bertz CT molecular complexity index is 1180. The molecule has 0 aliphatic heterocycles. The van der Waals surface area contributed by atoms with Crippen LogP contribution < -0.4 is 9.47 Å². The van der Waals surface area contributed by atoms with Crippen molar-refractivity contribution in [2.24, 2.45) is 0 Å². The Balaban J connectivity index is 1.71. The van der Waals surface area contributed by atoms with Crippen LogP contribution in [0.5, 0.6) is 11.5 Å². The number of thioether (sulfide) groups is 1. The molecule has 0 amide bonds. The maximum Gasteiger partial charge on any atom is 0.196 e. The molecule has 0 aliphatic carbocycles. The van der Waals surface area contributed by atoms with Crippen molar-refractivity contribution in [1.29, 1.82) is 0 Å². The van der Waals surface area contributed by atoms with E-state index in [1.807, 2.05) is 53.1 Å². The summed E-state index contributed by atoms with van der Waals surface area (Å²) in [5.74, 6) is 0.811. The molecule has 0 aliphatic rings. The monoisotopic (exact) mass is 439 g/mol. The topological polar surface area (TPSA) is 49.2 Å². The Hall–Kier alpha value is -3.39. The molecule has 31 heavy (non-hydrogen) atoms. The van der Waals surface area contributed by atoms with E-state index in [1.54, 1.807) is 20.3 Å². The van der Waals surface area contributed by atoms with Crippen LogP contribution >= 0.6 is 11.8 Å². The largest absolute Gasteiger partial charge is 0.497 e. The maximum absolute atomic E-state index is 13.6. The molecule has 0 bridgehead atoms. The lowest BCUT2D eigenvalue weighted by Crippen LogP contribution is -2.00. The van der Waals surface area contributed by atoms with Gasteiger partial charge in [-0.3, -0.25) is 4.57 Å². The van der Waals surface area contributed by atoms with Crippen LogP contribution in [0.1, 0.15) is 5.56 Å². The van der Waals surface area contributed by atoms with Crippen molar-refractivity contribution in [3.8, 4) is 28.6 Å². The predicted octanol–water partition coefficient (Wildman–Crippen LogP) is 5.52. The molecule has 158 valence electrons. The van der Waals surface area contributed by atoms with Crippen LogP contribution in [0, 0.1) is 11.6 Å². The third-order valence-electron chi connectivity index (χ3n) is 4.66. The van der Waals surface area contributed by atoms with Crippen LogP contribution in [0.3, 0.4) is 0 Å². The molecule has 1 heterocycles. The Morgan fingerprint density at radius 2 is 1.45 bits per heavy atom. The van der Waals surface area contributed by atoms with Gasteiger partial charge in [-0.05, 0) is 66.2 Å². The summed E-state index contributed by atoms with van der Waals surface area (Å²) in [6, 6.07) is 19.0. The highest BCUT2D eigenvalue weighted by atomic mass is 32.2. The van der Waals surface area contributed by atoms with Crippen molar-refractivity contribution in [3.05, 3.63) is 83.9 Å². The second-order valence-electron chi connectivity index (χ2n) is 6.61. The Morgan fingerprint density at radius 3 is 2.06 bits per heavy atom. The lowest BCUT2D eigenvalue weighted by molar-refractivity contribution is 0.414. The lowest BCUT2D eigenvalue weighted by atomic mass is 10.2. The summed E-state index contributed by atoms with van der Waals surface area (Å²) < 4.78 is 39.2. The van der Waals surface area contributed by atoms with Gasteiger partial charge in [0.25, 0.3) is 0 Å². The molecule has 8 heteroatoms. The highest BCUT2D eigenvalue weighted by Crippen LogP contribution is 2.31. The van der Waals surface area contributed by atoms with Crippen molar-refractivity contribution < 1.29 is 18.3 Å². The van der Waals surface area contributed by atoms with Crippen LogP contribution in [0.4, 0.5) is 8.78 Å². The second kappa shape index (κ2) is 9.18. The van der Waals surface area contributed by atoms with E-state index in [0.29, 0.717) is 22.3 Å². The van der Waals surface area contributed by atoms with E-state index in [1.165, 1.54) is 17.8 Å². The van der Waals surface area contributed by atoms with Gasteiger partial charge < -0.3 is 9.47 Å². The predicted molar refractivity (Wildman–Crippen MR) is 116 cm³/mol. The van der Waals surface area contributed by atoms with Crippen molar-refractivity contribution in [2.45, 2.75) is 10.9 Å². The molecule has 0 unspecified atom stereocenters. The van der Waals surface area contributed by atoms with Crippen molar-refractivity contribution in [2.75, 3.05) is 14.2 Å². The van der Waals surface area contributed by atoms with Gasteiger partial charge in [-0.2, -0.15) is 0 Å². The summed E-state index contributed by atoms with van der Waals surface area (Å²) >= 11 is 1.39. The first-order valence-electron chi connectivity index (χ1n) is 9.40. The van der Waals surface area contributed by atoms with Gasteiger partial charge in [0.2, 0.25) is 0 Å². The van der Waals surface area contributed by atoms with Crippen molar-refractivity contribution in [1.82, 2.24) is 14.8 Å². The Labute approximate surface area is 182 Å². The van der Waals surface area contributed by atoms with E-state index < -0.39 is 11.6 Å². The first-order valence-corrected chi connectivity index (χ1v) is 10.4. The van der Waals surface area contributed by atoms with Gasteiger partial charge in [-0.25, -0.2) is 8.78 Å². The van der Waals surface area contributed by atoms with E-state index >= 15 is 0 Å². The standard InChI is InChI=1S/C23H19F2N3O2S/c1-29-18-8-4-16(5-9-18)22-26-27-23(28(22)17-6-10-19(30-2)11-7-17)31-14-15-3-12-20(24)21(25)13-15/h3-13H,14H2,1-2H3. The van der Waals surface area contributed by atoms with Gasteiger partial charge in [-0.1, -0.05) is 17.8 Å². The van der Waals surface area contributed by atoms with Crippen LogP contribution in [0.2, 0.25) is 0 Å². The van der Waals surface area contributed by atoms with Crippen molar-refractivity contribution in [3.63, 3.8) is 0 Å². The highest BCUT2D eigenvalue weighted by Gasteiger charge is 2.17. The third-order valence-corrected chi connectivity index (χ3v) is 5.66. The molecule has 5 nitrogen and oxygen atoms in total. The molecule has 1 aromatic heterocycles. The summed E-state index contributed by atoms with van der Waals surface area (Å²) in [6.45, 7) is 0. The number of aromatic nitrogens is 3. The van der Waals surface area contributed by atoms with Gasteiger partial charge in [0.15, 0.2) is 22.6 Å². The fourth-order valence-electron chi connectivity index (χ4n) is 3.03. The number of halogens is 2. The molecule has 0 N–H and O–H groups in total. The first-order chi connectivity index (χ1) is 15.1. The lowest BCUT2D eigenvalue weighted by Gasteiger charge is -2.11. The number of ether oxygens (including phenoxy) is 2. The summed E-state index contributed by atoms with van der Waals surface area (Å²) in [7, 11) is 3.22. The molecule has 0 saturated carbocycles. The van der Waals surface area contributed by atoms with E-state index in [-0.39, 0.29) is 0 Å². The van der Waals surface area contributed by atoms with Crippen LogP contribution in [-0.2, 0) is 5.75 Å². The van der Waals surface area contributed by atoms with E-state index in [2.05, 4.69) is 10.2 Å². The fraction of sp³-hybridized carbons (Fsp3) is 0.130. The SMILES string of the molecule is COc1ccc(-c2nnc(SCc3ccc(F)c(F)c3)n2-c2ccc(OC)cc2)cc1. The molecule has 3 aromatic carbocycles. The molecular weight excluding hydrogens is 420 g/mol. The number of benzene rings is 3. The smallest absolute Gasteiger partial charge is 0.196 e. The molecule has 0 atom stereocenters. The van der Waals surface area contributed by atoms with Crippen molar-refractivity contribution >= 4 is 11.8 Å². The average molecular weight is 439 g/mol. The number of nitrogens with zero attached hydrogens (tertiary/aromatic N) is 3. The quantitative estimate of drug-likeness (QED) is 0.355. The zero-order chi connectivity index (χ0) is 21.8. The minimum Gasteiger partial charge on any atom is -0.497 e. The zero-order valence-electron chi connectivity index (χ0n) is 16.9. The van der Waals surface area contributed by atoms with Gasteiger partial charge in [0.05, 0.1) is 14.2 Å².